The predicted molar refractivity (Wildman–Crippen MR) is 78.7 cm³/mol. The van der Waals surface area contributed by atoms with Gasteiger partial charge in [-0.15, -0.1) is 0 Å². The fourth-order valence-corrected chi connectivity index (χ4v) is 2.41. The molecule has 0 spiro atoms. The summed E-state index contributed by atoms with van der Waals surface area (Å²) in [7, 11) is 0. The van der Waals surface area contributed by atoms with Gasteiger partial charge in [0.2, 0.25) is 0 Å². The van der Waals surface area contributed by atoms with Crippen LogP contribution in [-0.4, -0.2) is 35.9 Å². The molecule has 6 heteroatoms. The minimum atomic E-state index is -1.00. The van der Waals surface area contributed by atoms with Gasteiger partial charge in [-0.2, -0.15) is 0 Å². The van der Waals surface area contributed by atoms with Crippen molar-refractivity contribution in [1.29, 1.82) is 0 Å². The molecule has 2 unspecified atom stereocenters. The fraction of sp³-hybridized carbons (Fsp3) is 0.467. The summed E-state index contributed by atoms with van der Waals surface area (Å²) >= 11 is 0. The Morgan fingerprint density at radius 2 is 2.14 bits per heavy atom. The Kier molecular flexibility index (Phi) is 4.80. The van der Waals surface area contributed by atoms with Gasteiger partial charge in [0, 0.05) is 18.3 Å². The Hall–Kier alpha value is -2.08. The number of urea groups is 1. The molecule has 0 aliphatic carbocycles. The van der Waals surface area contributed by atoms with Gasteiger partial charge in [0.25, 0.3) is 0 Å². The highest BCUT2D eigenvalue weighted by molar-refractivity contribution is 5.94. The first-order valence-corrected chi connectivity index (χ1v) is 6.99. The van der Waals surface area contributed by atoms with Gasteiger partial charge in [-0.05, 0) is 44.4 Å². The normalized spacial score (nSPS) is 21.6. The zero-order valence-electron chi connectivity index (χ0n) is 12.2. The lowest BCUT2D eigenvalue weighted by atomic mass is 10.0. The van der Waals surface area contributed by atoms with Crippen molar-refractivity contribution in [2.75, 3.05) is 11.9 Å². The van der Waals surface area contributed by atoms with Crippen molar-refractivity contribution in [3.63, 3.8) is 0 Å². The summed E-state index contributed by atoms with van der Waals surface area (Å²) in [6.07, 6.45) is 1.70. The molecule has 1 aromatic carbocycles. The second kappa shape index (κ2) is 6.58. The van der Waals surface area contributed by atoms with Crippen LogP contribution in [0.4, 0.5) is 10.5 Å². The first-order valence-electron chi connectivity index (χ1n) is 6.99. The number of anilines is 1. The van der Waals surface area contributed by atoms with Crippen LogP contribution in [0.25, 0.3) is 0 Å². The molecule has 2 rings (SSSR count). The van der Waals surface area contributed by atoms with Gasteiger partial charge in [0.15, 0.2) is 0 Å². The van der Waals surface area contributed by atoms with E-state index in [-0.39, 0.29) is 23.7 Å². The van der Waals surface area contributed by atoms with E-state index in [2.05, 4.69) is 10.6 Å². The van der Waals surface area contributed by atoms with Crippen molar-refractivity contribution in [2.45, 2.75) is 38.8 Å². The summed E-state index contributed by atoms with van der Waals surface area (Å²) in [5, 5.41) is 14.6. The molecule has 0 radical (unpaired) electrons. The van der Waals surface area contributed by atoms with Crippen LogP contribution in [0.3, 0.4) is 0 Å². The molecule has 1 aromatic rings. The number of hydrogen-bond acceptors (Lipinski definition) is 3. The molecular formula is C15H20N2O4. The summed E-state index contributed by atoms with van der Waals surface area (Å²) in [5.74, 6) is -1.00. The number of benzene rings is 1. The Morgan fingerprint density at radius 1 is 1.38 bits per heavy atom. The quantitative estimate of drug-likeness (QED) is 0.798. The zero-order valence-corrected chi connectivity index (χ0v) is 12.2. The monoisotopic (exact) mass is 292 g/mol. The number of hydrogen-bond donors (Lipinski definition) is 3. The molecule has 1 aliphatic rings. The molecule has 21 heavy (non-hydrogen) atoms. The van der Waals surface area contributed by atoms with Crippen molar-refractivity contribution in [3.8, 4) is 0 Å². The van der Waals surface area contributed by atoms with Gasteiger partial charge >= 0.3 is 12.0 Å². The van der Waals surface area contributed by atoms with Gasteiger partial charge in [-0.3, -0.25) is 0 Å². The molecule has 2 amide bonds. The van der Waals surface area contributed by atoms with Crippen LogP contribution in [-0.2, 0) is 4.74 Å². The van der Waals surface area contributed by atoms with Crippen molar-refractivity contribution >= 4 is 17.7 Å². The second-order valence-electron chi connectivity index (χ2n) is 5.34. The largest absolute Gasteiger partial charge is 0.478 e. The van der Waals surface area contributed by atoms with Crippen molar-refractivity contribution in [3.05, 3.63) is 29.3 Å². The molecule has 1 heterocycles. The lowest BCUT2D eigenvalue weighted by Crippen LogP contribution is -2.43. The maximum Gasteiger partial charge on any atom is 0.336 e. The molecule has 2 atom stereocenters. The summed E-state index contributed by atoms with van der Waals surface area (Å²) in [6, 6.07) is 4.58. The van der Waals surface area contributed by atoms with E-state index in [9.17, 15) is 9.59 Å². The molecule has 3 N–H and O–H groups in total. The molecular weight excluding hydrogens is 272 g/mol. The number of carboxylic acid groups (broad SMARTS) is 1. The number of rotatable bonds is 3. The Labute approximate surface area is 123 Å². The maximum absolute atomic E-state index is 11.9. The van der Waals surface area contributed by atoms with E-state index in [1.165, 1.54) is 6.07 Å². The smallest absolute Gasteiger partial charge is 0.336 e. The van der Waals surface area contributed by atoms with Crippen LogP contribution in [0.15, 0.2) is 18.2 Å². The van der Waals surface area contributed by atoms with Crippen LogP contribution in [0, 0.1) is 6.92 Å². The average Bonchev–Trinajstić information content (AvgIpc) is 2.40. The molecule has 0 bridgehead atoms. The van der Waals surface area contributed by atoms with E-state index in [4.69, 9.17) is 9.84 Å². The van der Waals surface area contributed by atoms with E-state index >= 15 is 0 Å². The first-order chi connectivity index (χ1) is 9.95. The van der Waals surface area contributed by atoms with Gasteiger partial charge < -0.3 is 20.5 Å². The van der Waals surface area contributed by atoms with Gasteiger partial charge in [-0.1, -0.05) is 6.07 Å². The Morgan fingerprint density at radius 3 is 2.81 bits per heavy atom. The highest BCUT2D eigenvalue weighted by Gasteiger charge is 2.21. The summed E-state index contributed by atoms with van der Waals surface area (Å²) < 4.78 is 5.43. The Balaban J connectivity index is 1.96. The number of ether oxygens (including phenoxy) is 1. The minimum Gasteiger partial charge on any atom is -0.478 e. The van der Waals surface area contributed by atoms with E-state index in [1.54, 1.807) is 19.1 Å². The highest BCUT2D eigenvalue weighted by atomic mass is 16.5. The number of carboxylic acids is 1. The molecule has 114 valence electrons. The number of carbonyl (C=O) groups is 2. The molecule has 0 saturated carbocycles. The second-order valence-corrected chi connectivity index (χ2v) is 5.34. The van der Waals surface area contributed by atoms with Crippen LogP contribution in [0.1, 0.15) is 35.7 Å². The molecule has 1 fully saturated rings. The number of amides is 2. The van der Waals surface area contributed by atoms with Crippen molar-refractivity contribution in [2.24, 2.45) is 0 Å². The van der Waals surface area contributed by atoms with E-state index in [0.717, 1.165) is 12.8 Å². The summed E-state index contributed by atoms with van der Waals surface area (Å²) in [5.41, 5.74) is 1.31. The molecule has 6 nitrogen and oxygen atoms in total. The topological polar surface area (TPSA) is 87.7 Å². The van der Waals surface area contributed by atoms with Crippen molar-refractivity contribution < 1.29 is 19.4 Å². The van der Waals surface area contributed by atoms with Crippen LogP contribution >= 0.6 is 0 Å². The zero-order chi connectivity index (χ0) is 15.4. The van der Waals surface area contributed by atoms with E-state index in [0.29, 0.717) is 17.9 Å². The highest BCUT2D eigenvalue weighted by Crippen LogP contribution is 2.16. The van der Waals surface area contributed by atoms with Gasteiger partial charge in [0.05, 0.1) is 11.7 Å². The van der Waals surface area contributed by atoms with Gasteiger partial charge in [-0.25, -0.2) is 9.59 Å². The third-order valence-corrected chi connectivity index (χ3v) is 3.55. The average molecular weight is 292 g/mol. The van der Waals surface area contributed by atoms with Crippen LogP contribution in [0.2, 0.25) is 0 Å². The van der Waals surface area contributed by atoms with Crippen LogP contribution in [0.5, 0.6) is 0 Å². The molecule has 1 aliphatic heterocycles. The summed E-state index contributed by atoms with van der Waals surface area (Å²) in [4.78, 5) is 23.0. The van der Waals surface area contributed by atoms with E-state index < -0.39 is 5.97 Å². The number of aryl methyl sites for hydroxylation is 1. The standard InChI is InChI=1S/C15H20N2O4/c1-9-3-4-11(8-13(9)14(18)19)16-15(20)17-12-5-6-21-10(2)7-12/h3-4,8,10,12H,5-7H2,1-2H3,(H,18,19)(H2,16,17,20). The number of nitrogens with one attached hydrogen (secondary N) is 2. The lowest BCUT2D eigenvalue weighted by Gasteiger charge is -2.27. The summed E-state index contributed by atoms with van der Waals surface area (Å²) in [6.45, 7) is 4.33. The van der Waals surface area contributed by atoms with Gasteiger partial charge in [0.1, 0.15) is 0 Å². The Bertz CT molecular complexity index is 544. The first kappa shape index (κ1) is 15.3. The number of aromatic carboxylic acids is 1. The molecule has 1 saturated heterocycles. The third kappa shape index (κ3) is 4.19. The predicted octanol–water partition coefficient (Wildman–Crippen LogP) is 2.38. The van der Waals surface area contributed by atoms with Crippen molar-refractivity contribution in [1.82, 2.24) is 5.32 Å². The third-order valence-electron chi connectivity index (χ3n) is 3.55. The van der Waals surface area contributed by atoms with E-state index in [1.807, 2.05) is 6.92 Å². The SMILES string of the molecule is Cc1ccc(NC(=O)NC2CCOC(C)C2)cc1C(=O)O. The number of carbonyl (C=O) groups excluding carboxylic acids is 1. The maximum atomic E-state index is 11.9. The lowest BCUT2D eigenvalue weighted by molar-refractivity contribution is 0.0157. The molecule has 0 aromatic heterocycles. The fourth-order valence-electron chi connectivity index (χ4n) is 2.41. The minimum absolute atomic E-state index is 0.0816. The van der Waals surface area contributed by atoms with Crippen LogP contribution < -0.4 is 10.6 Å².